The fourth-order valence-electron chi connectivity index (χ4n) is 2.00. The predicted molar refractivity (Wildman–Crippen MR) is 75.0 cm³/mol. The molecule has 3 heterocycles. The van der Waals surface area contributed by atoms with Crippen molar-refractivity contribution >= 4 is 27.3 Å². The molecule has 0 bridgehead atoms. The Balaban J connectivity index is 2.22. The van der Waals surface area contributed by atoms with Crippen LogP contribution in [0.5, 0.6) is 0 Å². The standard InChI is InChI=1S/C13H8BrN3O2/c14-10-3-4-11-6-9(7-16(11)8-10)12-2-1-5-15-13(12)17(18)19/h1-8H. The van der Waals surface area contributed by atoms with Gasteiger partial charge in [0.25, 0.3) is 0 Å². The highest BCUT2D eigenvalue weighted by atomic mass is 79.9. The zero-order valence-corrected chi connectivity index (χ0v) is 11.2. The van der Waals surface area contributed by atoms with Gasteiger partial charge in [-0.1, -0.05) is 0 Å². The second-order valence-electron chi connectivity index (χ2n) is 4.04. The average molecular weight is 318 g/mol. The number of nitrogens with zero attached hydrogens (tertiary/aromatic N) is 3. The van der Waals surface area contributed by atoms with Crippen molar-refractivity contribution in [2.24, 2.45) is 0 Å². The summed E-state index contributed by atoms with van der Waals surface area (Å²) in [4.78, 5) is 14.4. The van der Waals surface area contributed by atoms with E-state index >= 15 is 0 Å². The van der Waals surface area contributed by atoms with E-state index in [-0.39, 0.29) is 5.82 Å². The summed E-state index contributed by atoms with van der Waals surface area (Å²) in [5.41, 5.74) is 2.27. The Morgan fingerprint density at radius 1 is 1.26 bits per heavy atom. The van der Waals surface area contributed by atoms with Crippen LogP contribution in [0, 0.1) is 10.1 Å². The summed E-state index contributed by atoms with van der Waals surface area (Å²) in [6, 6.07) is 9.17. The molecule has 0 saturated carbocycles. The molecule has 0 amide bonds. The summed E-state index contributed by atoms with van der Waals surface area (Å²) >= 11 is 3.39. The molecule has 0 aliphatic heterocycles. The van der Waals surface area contributed by atoms with Gasteiger partial charge in [0.15, 0.2) is 0 Å². The maximum atomic E-state index is 11.0. The van der Waals surface area contributed by atoms with Gasteiger partial charge in [0.05, 0.1) is 5.56 Å². The molecule has 0 unspecified atom stereocenters. The van der Waals surface area contributed by atoms with Gasteiger partial charge in [-0.05, 0) is 56.2 Å². The Hall–Kier alpha value is -2.21. The van der Waals surface area contributed by atoms with Crippen molar-refractivity contribution in [3.8, 4) is 11.1 Å². The van der Waals surface area contributed by atoms with Crippen LogP contribution in [-0.2, 0) is 0 Å². The zero-order chi connectivity index (χ0) is 13.4. The van der Waals surface area contributed by atoms with Crippen LogP contribution in [0.3, 0.4) is 0 Å². The van der Waals surface area contributed by atoms with Crippen molar-refractivity contribution in [2.75, 3.05) is 0 Å². The second kappa shape index (κ2) is 4.47. The molecule has 0 atom stereocenters. The van der Waals surface area contributed by atoms with Crippen molar-refractivity contribution < 1.29 is 4.92 Å². The summed E-state index contributed by atoms with van der Waals surface area (Å²) in [7, 11) is 0. The molecule has 3 aromatic heterocycles. The minimum Gasteiger partial charge on any atom is -0.358 e. The van der Waals surface area contributed by atoms with Crippen LogP contribution < -0.4 is 0 Å². The Morgan fingerprint density at radius 2 is 2.11 bits per heavy atom. The highest BCUT2D eigenvalue weighted by Gasteiger charge is 2.16. The Labute approximate surface area is 116 Å². The molecule has 0 aliphatic carbocycles. The number of halogens is 1. The molecule has 0 N–H and O–H groups in total. The lowest BCUT2D eigenvalue weighted by atomic mass is 10.1. The van der Waals surface area contributed by atoms with Crippen LogP contribution in [0.2, 0.25) is 0 Å². The molecule has 0 fully saturated rings. The SMILES string of the molecule is O=[N+]([O-])c1ncccc1-c1cc2ccc(Br)cn2c1. The molecule has 5 nitrogen and oxygen atoms in total. The summed E-state index contributed by atoms with van der Waals surface area (Å²) in [5, 5.41) is 11.0. The van der Waals surface area contributed by atoms with Gasteiger partial charge in [-0.25, -0.2) is 0 Å². The first kappa shape index (κ1) is 11.9. The summed E-state index contributed by atoms with van der Waals surface area (Å²) in [6.45, 7) is 0. The highest BCUT2D eigenvalue weighted by molar-refractivity contribution is 9.10. The number of hydrogen-bond acceptors (Lipinski definition) is 3. The van der Waals surface area contributed by atoms with Gasteiger partial charge in [-0.3, -0.25) is 0 Å². The van der Waals surface area contributed by atoms with Crippen molar-refractivity contribution in [2.45, 2.75) is 0 Å². The lowest BCUT2D eigenvalue weighted by molar-refractivity contribution is -0.388. The third-order valence-electron chi connectivity index (χ3n) is 2.83. The van der Waals surface area contributed by atoms with Gasteiger partial charge < -0.3 is 14.5 Å². The van der Waals surface area contributed by atoms with Crippen molar-refractivity contribution in [3.63, 3.8) is 0 Å². The molecule has 0 radical (unpaired) electrons. The van der Waals surface area contributed by atoms with Crippen LogP contribution in [-0.4, -0.2) is 14.3 Å². The number of hydrogen-bond donors (Lipinski definition) is 0. The fourth-order valence-corrected chi connectivity index (χ4v) is 2.35. The van der Waals surface area contributed by atoms with Gasteiger partial charge in [0, 0.05) is 27.9 Å². The van der Waals surface area contributed by atoms with Gasteiger partial charge in [-0.2, -0.15) is 0 Å². The Kier molecular flexibility index (Phi) is 2.79. The smallest absolute Gasteiger partial charge is 0.358 e. The molecule has 0 aromatic carbocycles. The molecule has 3 rings (SSSR count). The van der Waals surface area contributed by atoms with E-state index in [2.05, 4.69) is 20.9 Å². The Bertz CT molecular complexity index is 782. The number of pyridine rings is 2. The maximum absolute atomic E-state index is 11.0. The monoisotopic (exact) mass is 317 g/mol. The average Bonchev–Trinajstić information content (AvgIpc) is 2.81. The summed E-state index contributed by atoms with van der Waals surface area (Å²) in [5.74, 6) is -0.127. The lowest BCUT2D eigenvalue weighted by Crippen LogP contribution is -1.94. The molecule has 0 aliphatic rings. The van der Waals surface area contributed by atoms with Crippen molar-refractivity contribution in [1.29, 1.82) is 0 Å². The second-order valence-corrected chi connectivity index (χ2v) is 4.96. The molecule has 0 spiro atoms. The number of nitro groups is 1. The molecule has 94 valence electrons. The minimum absolute atomic E-state index is 0.127. The third-order valence-corrected chi connectivity index (χ3v) is 3.30. The van der Waals surface area contributed by atoms with E-state index in [0.29, 0.717) is 5.56 Å². The first-order chi connectivity index (χ1) is 9.15. The van der Waals surface area contributed by atoms with Gasteiger partial charge in [0.1, 0.15) is 6.20 Å². The molecule has 3 aromatic rings. The number of rotatable bonds is 2. The van der Waals surface area contributed by atoms with Crippen LogP contribution >= 0.6 is 15.9 Å². The summed E-state index contributed by atoms with van der Waals surface area (Å²) < 4.78 is 2.86. The topological polar surface area (TPSA) is 60.4 Å². The molecule has 19 heavy (non-hydrogen) atoms. The largest absolute Gasteiger partial charge is 0.371 e. The summed E-state index contributed by atoms with van der Waals surface area (Å²) in [6.07, 6.45) is 5.18. The van der Waals surface area contributed by atoms with Gasteiger partial charge >= 0.3 is 5.82 Å². The normalized spacial score (nSPS) is 10.8. The first-order valence-electron chi connectivity index (χ1n) is 5.52. The zero-order valence-electron chi connectivity index (χ0n) is 9.65. The third kappa shape index (κ3) is 2.10. The van der Waals surface area contributed by atoms with E-state index in [0.717, 1.165) is 15.6 Å². The first-order valence-corrected chi connectivity index (χ1v) is 6.31. The fraction of sp³-hybridized carbons (Fsp3) is 0. The van der Waals surface area contributed by atoms with Gasteiger partial charge in [0.2, 0.25) is 0 Å². The number of aromatic nitrogens is 2. The van der Waals surface area contributed by atoms with Crippen molar-refractivity contribution in [3.05, 3.63) is 63.5 Å². The lowest BCUT2D eigenvalue weighted by Gasteiger charge is -1.98. The van der Waals surface area contributed by atoms with Crippen molar-refractivity contribution in [1.82, 2.24) is 9.38 Å². The highest BCUT2D eigenvalue weighted by Crippen LogP contribution is 2.29. The van der Waals surface area contributed by atoms with Gasteiger partial charge in [-0.15, -0.1) is 0 Å². The Morgan fingerprint density at radius 3 is 2.89 bits per heavy atom. The van der Waals surface area contributed by atoms with Crippen LogP contribution in [0.1, 0.15) is 0 Å². The van der Waals surface area contributed by atoms with Crippen LogP contribution in [0.15, 0.2) is 53.4 Å². The maximum Gasteiger partial charge on any atom is 0.371 e. The molecular weight excluding hydrogens is 310 g/mol. The van der Waals surface area contributed by atoms with E-state index in [9.17, 15) is 10.1 Å². The van der Waals surface area contributed by atoms with E-state index in [1.165, 1.54) is 6.20 Å². The minimum atomic E-state index is -0.465. The predicted octanol–water partition coefficient (Wildman–Crippen LogP) is 3.67. The van der Waals surface area contributed by atoms with Crippen LogP contribution in [0.4, 0.5) is 5.82 Å². The van der Waals surface area contributed by atoms with E-state index in [1.807, 2.05) is 35.0 Å². The van der Waals surface area contributed by atoms with E-state index in [1.54, 1.807) is 12.1 Å². The van der Waals surface area contributed by atoms with E-state index in [4.69, 9.17) is 0 Å². The molecule has 6 heteroatoms. The molecular formula is C13H8BrN3O2. The number of fused-ring (bicyclic) bond motifs is 1. The van der Waals surface area contributed by atoms with Crippen LogP contribution in [0.25, 0.3) is 16.6 Å². The molecule has 0 saturated heterocycles. The quantitative estimate of drug-likeness (QED) is 0.535. The van der Waals surface area contributed by atoms with E-state index < -0.39 is 4.92 Å².